The fourth-order valence-electron chi connectivity index (χ4n) is 2.84. The van der Waals surface area contributed by atoms with Crippen LogP contribution in [-0.4, -0.2) is 35.7 Å². The maximum absolute atomic E-state index is 11.9. The molecule has 1 saturated heterocycles. The van der Waals surface area contributed by atoms with Gasteiger partial charge in [0.25, 0.3) is 0 Å². The van der Waals surface area contributed by atoms with Crippen molar-refractivity contribution < 1.29 is 9.90 Å². The van der Waals surface area contributed by atoms with Gasteiger partial charge in [-0.1, -0.05) is 25.7 Å². The van der Waals surface area contributed by atoms with Crippen LogP contribution >= 0.6 is 0 Å². The monoisotopic (exact) mass is 240 g/mol. The largest absolute Gasteiger partial charge is 0.388 e. The first-order valence-corrected chi connectivity index (χ1v) is 6.93. The van der Waals surface area contributed by atoms with Crippen LogP contribution in [0.15, 0.2) is 0 Å². The molecule has 3 N–H and O–H groups in total. The normalized spacial score (nSPS) is 28.6. The second kappa shape index (κ2) is 5.83. The number of hydrogen-bond acceptors (Lipinski definition) is 3. The van der Waals surface area contributed by atoms with Crippen LogP contribution in [0.3, 0.4) is 0 Å². The molecule has 1 unspecified atom stereocenters. The van der Waals surface area contributed by atoms with E-state index in [4.69, 9.17) is 0 Å². The van der Waals surface area contributed by atoms with Gasteiger partial charge in [-0.15, -0.1) is 0 Å². The average Bonchev–Trinajstić information content (AvgIpc) is 2.38. The number of piperidine rings is 1. The molecule has 98 valence electrons. The van der Waals surface area contributed by atoms with Crippen molar-refractivity contribution in [3.63, 3.8) is 0 Å². The summed E-state index contributed by atoms with van der Waals surface area (Å²) in [6, 6.07) is -0.0454. The molecule has 0 radical (unpaired) electrons. The van der Waals surface area contributed by atoms with E-state index in [1.807, 2.05) is 0 Å². The summed E-state index contributed by atoms with van der Waals surface area (Å²) < 4.78 is 0. The van der Waals surface area contributed by atoms with E-state index < -0.39 is 5.60 Å². The van der Waals surface area contributed by atoms with Crippen LogP contribution in [0, 0.1) is 0 Å². The van der Waals surface area contributed by atoms with Gasteiger partial charge in [0.15, 0.2) is 0 Å². The van der Waals surface area contributed by atoms with E-state index in [0.29, 0.717) is 6.54 Å². The first kappa shape index (κ1) is 12.8. The lowest BCUT2D eigenvalue weighted by molar-refractivity contribution is -0.125. The van der Waals surface area contributed by atoms with Crippen LogP contribution in [0.2, 0.25) is 0 Å². The molecule has 2 aliphatic rings. The number of aliphatic hydroxyl groups is 1. The van der Waals surface area contributed by atoms with Crippen LogP contribution in [0.4, 0.5) is 0 Å². The quantitative estimate of drug-likeness (QED) is 0.688. The molecule has 1 saturated carbocycles. The first-order valence-electron chi connectivity index (χ1n) is 6.93. The van der Waals surface area contributed by atoms with Gasteiger partial charge in [0.1, 0.15) is 0 Å². The standard InChI is InChI=1S/C13H24N2O2/c16-12(11-6-2-5-9-14-11)15-10-13(17)7-3-1-4-8-13/h11,14,17H,1-10H2,(H,15,16). The molecule has 1 aliphatic heterocycles. The van der Waals surface area contributed by atoms with Crippen molar-refractivity contribution in [1.29, 1.82) is 0 Å². The minimum atomic E-state index is -0.650. The number of nitrogens with one attached hydrogen (secondary N) is 2. The molecule has 1 atom stereocenters. The third-order valence-corrected chi connectivity index (χ3v) is 4.00. The number of amides is 1. The van der Waals surface area contributed by atoms with Gasteiger partial charge in [-0.2, -0.15) is 0 Å². The predicted octanol–water partition coefficient (Wildman–Crippen LogP) is 0.940. The lowest BCUT2D eigenvalue weighted by atomic mass is 9.85. The molecule has 0 aromatic rings. The minimum absolute atomic E-state index is 0.0454. The van der Waals surface area contributed by atoms with E-state index in [1.54, 1.807) is 0 Å². The number of carbonyl (C=O) groups is 1. The zero-order valence-electron chi connectivity index (χ0n) is 10.5. The molecule has 0 bridgehead atoms. The summed E-state index contributed by atoms with van der Waals surface area (Å²) in [6.07, 6.45) is 8.21. The molecule has 17 heavy (non-hydrogen) atoms. The predicted molar refractivity (Wildman–Crippen MR) is 66.7 cm³/mol. The summed E-state index contributed by atoms with van der Waals surface area (Å²) >= 11 is 0. The molecular weight excluding hydrogens is 216 g/mol. The van der Waals surface area contributed by atoms with Crippen LogP contribution in [0.5, 0.6) is 0 Å². The Bertz CT molecular complexity index is 256. The van der Waals surface area contributed by atoms with Gasteiger partial charge in [0, 0.05) is 6.54 Å². The van der Waals surface area contributed by atoms with Gasteiger partial charge < -0.3 is 15.7 Å². The Kier molecular flexibility index (Phi) is 4.40. The highest BCUT2D eigenvalue weighted by molar-refractivity contribution is 5.81. The SMILES string of the molecule is O=C(NCC1(O)CCCCC1)C1CCCCN1. The van der Waals surface area contributed by atoms with Crippen molar-refractivity contribution in [2.24, 2.45) is 0 Å². The average molecular weight is 240 g/mol. The molecule has 1 aliphatic carbocycles. The molecule has 0 spiro atoms. The molecule has 0 aromatic carbocycles. The minimum Gasteiger partial charge on any atom is -0.388 e. The van der Waals surface area contributed by atoms with Gasteiger partial charge in [-0.05, 0) is 32.2 Å². The third kappa shape index (κ3) is 3.68. The maximum atomic E-state index is 11.9. The molecule has 1 heterocycles. The van der Waals surface area contributed by atoms with Crippen molar-refractivity contribution in [2.45, 2.75) is 63.0 Å². The molecule has 0 aromatic heterocycles. The Labute approximate surface area is 103 Å². The van der Waals surface area contributed by atoms with Crippen LogP contribution in [0.25, 0.3) is 0 Å². The summed E-state index contributed by atoms with van der Waals surface area (Å²) in [6.45, 7) is 1.35. The maximum Gasteiger partial charge on any atom is 0.237 e. The number of hydrogen-bond donors (Lipinski definition) is 3. The summed E-state index contributed by atoms with van der Waals surface area (Å²) in [4.78, 5) is 11.9. The molecular formula is C13H24N2O2. The van der Waals surface area contributed by atoms with Gasteiger partial charge in [0.2, 0.25) is 5.91 Å². The van der Waals surface area contributed by atoms with Crippen LogP contribution < -0.4 is 10.6 Å². The van der Waals surface area contributed by atoms with Crippen molar-refractivity contribution in [3.05, 3.63) is 0 Å². The summed E-state index contributed by atoms with van der Waals surface area (Å²) in [5.74, 6) is 0.0590. The van der Waals surface area contributed by atoms with Gasteiger partial charge in [-0.3, -0.25) is 4.79 Å². The Morgan fingerprint density at radius 3 is 2.65 bits per heavy atom. The van der Waals surface area contributed by atoms with E-state index in [1.165, 1.54) is 6.42 Å². The van der Waals surface area contributed by atoms with Crippen molar-refractivity contribution in [3.8, 4) is 0 Å². The van der Waals surface area contributed by atoms with Gasteiger partial charge >= 0.3 is 0 Å². The van der Waals surface area contributed by atoms with Gasteiger partial charge in [-0.25, -0.2) is 0 Å². The Morgan fingerprint density at radius 2 is 2.00 bits per heavy atom. The highest BCUT2D eigenvalue weighted by Crippen LogP contribution is 2.27. The summed E-state index contributed by atoms with van der Waals surface area (Å²) in [5.41, 5.74) is -0.650. The summed E-state index contributed by atoms with van der Waals surface area (Å²) in [5, 5.41) is 16.4. The lowest BCUT2D eigenvalue weighted by Gasteiger charge is -2.33. The molecule has 2 fully saturated rings. The zero-order valence-corrected chi connectivity index (χ0v) is 10.5. The van der Waals surface area contributed by atoms with E-state index in [9.17, 15) is 9.90 Å². The van der Waals surface area contributed by atoms with E-state index in [0.717, 1.165) is 51.5 Å². The molecule has 1 amide bonds. The highest BCUT2D eigenvalue weighted by Gasteiger charge is 2.30. The Balaban J connectivity index is 1.74. The number of rotatable bonds is 3. The fraction of sp³-hybridized carbons (Fsp3) is 0.923. The molecule has 2 rings (SSSR count). The smallest absolute Gasteiger partial charge is 0.237 e. The second-order valence-corrected chi connectivity index (χ2v) is 5.51. The first-order chi connectivity index (χ1) is 8.20. The van der Waals surface area contributed by atoms with Crippen molar-refractivity contribution >= 4 is 5.91 Å². The van der Waals surface area contributed by atoms with Crippen molar-refractivity contribution in [1.82, 2.24) is 10.6 Å². The lowest BCUT2D eigenvalue weighted by Crippen LogP contribution is -2.51. The van der Waals surface area contributed by atoms with E-state index >= 15 is 0 Å². The second-order valence-electron chi connectivity index (χ2n) is 5.51. The van der Waals surface area contributed by atoms with E-state index in [-0.39, 0.29) is 11.9 Å². The van der Waals surface area contributed by atoms with Crippen molar-refractivity contribution in [2.75, 3.05) is 13.1 Å². The Morgan fingerprint density at radius 1 is 1.24 bits per heavy atom. The van der Waals surface area contributed by atoms with Gasteiger partial charge in [0.05, 0.1) is 11.6 Å². The molecule has 4 heteroatoms. The van der Waals surface area contributed by atoms with E-state index in [2.05, 4.69) is 10.6 Å². The fourth-order valence-corrected chi connectivity index (χ4v) is 2.84. The summed E-state index contributed by atoms with van der Waals surface area (Å²) in [7, 11) is 0. The zero-order chi connectivity index (χ0) is 12.1. The number of carbonyl (C=O) groups excluding carboxylic acids is 1. The Hall–Kier alpha value is -0.610. The molecule has 4 nitrogen and oxygen atoms in total. The third-order valence-electron chi connectivity index (χ3n) is 4.00. The highest BCUT2D eigenvalue weighted by atomic mass is 16.3. The van der Waals surface area contributed by atoms with Crippen LogP contribution in [0.1, 0.15) is 51.4 Å². The topological polar surface area (TPSA) is 61.4 Å². The van der Waals surface area contributed by atoms with Crippen LogP contribution in [-0.2, 0) is 4.79 Å².